The Morgan fingerprint density at radius 2 is 1.89 bits per heavy atom. The number of hydrogen-bond acceptors (Lipinski definition) is 5. The molecule has 2 aromatic rings. The van der Waals surface area contributed by atoms with Crippen molar-refractivity contribution in [3.8, 4) is 5.75 Å². The summed E-state index contributed by atoms with van der Waals surface area (Å²) in [5.41, 5.74) is 7.37. The van der Waals surface area contributed by atoms with E-state index in [1.54, 1.807) is 12.1 Å². The lowest BCUT2D eigenvalue weighted by atomic mass is 10.2. The van der Waals surface area contributed by atoms with Crippen LogP contribution in [0.15, 0.2) is 35.4 Å². The first kappa shape index (κ1) is 12.4. The molecule has 18 heavy (non-hydrogen) atoms. The number of nitrogen functional groups attached to an aromatic ring is 1. The Kier molecular flexibility index (Phi) is 3.84. The molecule has 0 radical (unpaired) electrons. The lowest BCUT2D eigenvalue weighted by Gasteiger charge is -2.00. The maximum absolute atomic E-state index is 9.18. The summed E-state index contributed by atoms with van der Waals surface area (Å²) >= 11 is 1.52. The number of aromatic hydroxyl groups is 1. The van der Waals surface area contributed by atoms with Gasteiger partial charge in [0, 0.05) is 0 Å². The Hall–Kier alpha value is -2.01. The molecule has 1 aromatic carbocycles. The van der Waals surface area contributed by atoms with Gasteiger partial charge in [-0.25, -0.2) is 9.97 Å². The number of thioether (sulfide) groups is 1. The van der Waals surface area contributed by atoms with Crippen LogP contribution in [0.2, 0.25) is 0 Å². The van der Waals surface area contributed by atoms with Gasteiger partial charge in [0.25, 0.3) is 0 Å². The van der Waals surface area contributed by atoms with Gasteiger partial charge in [-0.2, -0.15) is 0 Å². The molecular weight excluding hydrogens is 246 g/mol. The van der Waals surface area contributed by atoms with E-state index >= 15 is 0 Å². The van der Waals surface area contributed by atoms with Crippen LogP contribution in [0, 0.1) is 0 Å². The smallest absolute Gasteiger partial charge is 0.221 e. The molecule has 0 fully saturated rings. The molecule has 1 heterocycles. The molecule has 4 nitrogen and oxygen atoms in total. The van der Waals surface area contributed by atoms with Gasteiger partial charge in [0.1, 0.15) is 10.8 Å². The topological polar surface area (TPSA) is 72.0 Å². The zero-order chi connectivity index (χ0) is 13.0. The summed E-state index contributed by atoms with van der Waals surface area (Å²) in [5.74, 6) is 0.523. The van der Waals surface area contributed by atoms with E-state index in [0.29, 0.717) is 0 Å². The zero-order valence-electron chi connectivity index (χ0n) is 9.87. The molecule has 0 aliphatic heterocycles. The van der Waals surface area contributed by atoms with Crippen molar-refractivity contribution in [2.24, 2.45) is 0 Å². The average molecular weight is 259 g/mol. The summed E-state index contributed by atoms with van der Waals surface area (Å²) in [7, 11) is 0. The molecule has 3 N–H and O–H groups in total. The molecule has 0 unspecified atom stereocenters. The van der Waals surface area contributed by atoms with Crippen LogP contribution in [0.1, 0.15) is 11.3 Å². The molecule has 0 spiro atoms. The third kappa shape index (κ3) is 3.24. The van der Waals surface area contributed by atoms with Crippen molar-refractivity contribution in [1.29, 1.82) is 0 Å². The highest BCUT2D eigenvalue weighted by molar-refractivity contribution is 7.98. The van der Waals surface area contributed by atoms with Gasteiger partial charge in [0.05, 0.1) is 5.69 Å². The van der Waals surface area contributed by atoms with E-state index in [9.17, 15) is 5.11 Å². The second-order valence-electron chi connectivity index (χ2n) is 3.62. The summed E-state index contributed by atoms with van der Waals surface area (Å²) in [6, 6.07) is 8.80. The monoisotopic (exact) mass is 259 g/mol. The number of hydrogen-bond donors (Lipinski definition) is 2. The van der Waals surface area contributed by atoms with E-state index in [-0.39, 0.29) is 11.7 Å². The maximum Gasteiger partial charge on any atom is 0.221 e. The number of phenolic OH excluding ortho intramolecular Hbond substituents is 1. The molecule has 0 aliphatic carbocycles. The van der Waals surface area contributed by atoms with Gasteiger partial charge >= 0.3 is 0 Å². The van der Waals surface area contributed by atoms with E-state index in [0.717, 1.165) is 16.3 Å². The molecular formula is C13H13N3OS. The lowest BCUT2D eigenvalue weighted by molar-refractivity contribution is 0.475. The number of aromatic nitrogens is 2. The first-order valence-electron chi connectivity index (χ1n) is 5.33. The van der Waals surface area contributed by atoms with Crippen LogP contribution in [-0.4, -0.2) is 21.3 Å². The third-order valence-corrected chi connectivity index (χ3v) is 2.92. The molecule has 0 aliphatic rings. The second kappa shape index (κ2) is 5.55. The lowest BCUT2D eigenvalue weighted by Crippen LogP contribution is -1.97. The standard InChI is InChI=1S/C13H13N3OS/c1-18-12-8-10(15-13(14)16-12)5-2-9-3-6-11(17)7-4-9/h2-8,17H,1H3,(H2,14,15,16)/b5-2+. The minimum absolute atomic E-state index is 0.253. The molecule has 2 rings (SSSR count). The van der Waals surface area contributed by atoms with E-state index < -0.39 is 0 Å². The molecule has 5 heteroatoms. The fourth-order valence-electron chi connectivity index (χ4n) is 1.42. The third-order valence-electron chi connectivity index (χ3n) is 2.29. The Labute approximate surface area is 110 Å². The van der Waals surface area contributed by atoms with Gasteiger partial charge < -0.3 is 10.8 Å². The highest BCUT2D eigenvalue weighted by Crippen LogP contribution is 2.16. The van der Waals surface area contributed by atoms with E-state index in [1.165, 1.54) is 11.8 Å². The van der Waals surface area contributed by atoms with Crippen molar-refractivity contribution < 1.29 is 5.11 Å². The number of anilines is 1. The second-order valence-corrected chi connectivity index (χ2v) is 4.44. The van der Waals surface area contributed by atoms with Gasteiger partial charge in [-0.05, 0) is 36.1 Å². The molecule has 92 valence electrons. The fraction of sp³-hybridized carbons (Fsp3) is 0.0769. The summed E-state index contributed by atoms with van der Waals surface area (Å²) in [6.07, 6.45) is 5.71. The van der Waals surface area contributed by atoms with Crippen LogP contribution in [0.25, 0.3) is 12.2 Å². The SMILES string of the molecule is CSc1cc(/C=C/c2ccc(O)cc2)nc(N)n1. The van der Waals surface area contributed by atoms with Crippen molar-refractivity contribution in [2.45, 2.75) is 5.03 Å². The van der Waals surface area contributed by atoms with Crippen LogP contribution < -0.4 is 5.73 Å². The Balaban J connectivity index is 2.22. The van der Waals surface area contributed by atoms with Crippen LogP contribution in [-0.2, 0) is 0 Å². The van der Waals surface area contributed by atoms with Crippen molar-refractivity contribution in [3.05, 3.63) is 41.6 Å². The van der Waals surface area contributed by atoms with Crippen LogP contribution >= 0.6 is 11.8 Å². The van der Waals surface area contributed by atoms with Gasteiger partial charge in [0.15, 0.2) is 0 Å². The molecule has 0 saturated heterocycles. The van der Waals surface area contributed by atoms with Gasteiger partial charge in [-0.1, -0.05) is 18.2 Å². The summed E-state index contributed by atoms with van der Waals surface area (Å²) in [4.78, 5) is 8.21. The number of nitrogens with zero attached hydrogens (tertiary/aromatic N) is 2. The molecule has 0 bridgehead atoms. The highest BCUT2D eigenvalue weighted by Gasteiger charge is 1.98. The molecule has 1 aromatic heterocycles. The van der Waals surface area contributed by atoms with Gasteiger partial charge in [-0.3, -0.25) is 0 Å². The van der Waals surface area contributed by atoms with Gasteiger partial charge in [-0.15, -0.1) is 11.8 Å². The number of benzene rings is 1. The predicted molar refractivity (Wildman–Crippen MR) is 75.3 cm³/mol. The van der Waals surface area contributed by atoms with E-state index in [2.05, 4.69) is 9.97 Å². The van der Waals surface area contributed by atoms with Crippen molar-refractivity contribution >= 4 is 29.9 Å². The number of nitrogens with two attached hydrogens (primary N) is 1. The highest BCUT2D eigenvalue weighted by atomic mass is 32.2. The maximum atomic E-state index is 9.18. The summed E-state index contributed by atoms with van der Waals surface area (Å²) in [6.45, 7) is 0. The van der Waals surface area contributed by atoms with Gasteiger partial charge in [0.2, 0.25) is 5.95 Å². The molecule has 0 atom stereocenters. The first-order valence-corrected chi connectivity index (χ1v) is 6.55. The van der Waals surface area contributed by atoms with Crippen LogP contribution in [0.3, 0.4) is 0 Å². The Bertz CT molecular complexity index is 567. The minimum Gasteiger partial charge on any atom is -0.508 e. The van der Waals surface area contributed by atoms with Crippen molar-refractivity contribution in [2.75, 3.05) is 12.0 Å². The Morgan fingerprint density at radius 3 is 2.56 bits per heavy atom. The van der Waals surface area contributed by atoms with Crippen molar-refractivity contribution in [3.63, 3.8) is 0 Å². The summed E-state index contributed by atoms with van der Waals surface area (Å²) in [5, 5.41) is 10.0. The predicted octanol–water partition coefficient (Wildman–Crippen LogP) is 2.66. The number of phenols is 1. The quantitative estimate of drug-likeness (QED) is 0.655. The van der Waals surface area contributed by atoms with Crippen LogP contribution in [0.4, 0.5) is 5.95 Å². The number of rotatable bonds is 3. The molecule has 0 saturated carbocycles. The molecule has 0 amide bonds. The van der Waals surface area contributed by atoms with Crippen molar-refractivity contribution in [1.82, 2.24) is 9.97 Å². The minimum atomic E-state index is 0.253. The normalized spacial score (nSPS) is 10.9. The summed E-state index contributed by atoms with van der Waals surface area (Å²) < 4.78 is 0. The zero-order valence-corrected chi connectivity index (χ0v) is 10.7. The fourth-order valence-corrected chi connectivity index (χ4v) is 1.84. The first-order chi connectivity index (χ1) is 8.67. The van der Waals surface area contributed by atoms with Crippen LogP contribution in [0.5, 0.6) is 5.75 Å². The Morgan fingerprint density at radius 1 is 1.17 bits per heavy atom. The van der Waals surface area contributed by atoms with E-state index in [4.69, 9.17) is 5.73 Å². The largest absolute Gasteiger partial charge is 0.508 e. The average Bonchev–Trinajstić information content (AvgIpc) is 2.37. The van der Waals surface area contributed by atoms with E-state index in [1.807, 2.05) is 36.6 Å².